The number of benzene rings is 3. The molecule has 2 N–H and O–H groups in total. The van der Waals surface area contributed by atoms with Crippen LogP contribution in [0.2, 0.25) is 0 Å². The lowest BCUT2D eigenvalue weighted by Crippen LogP contribution is -2.51. The summed E-state index contributed by atoms with van der Waals surface area (Å²) in [7, 11) is 4.39. The van der Waals surface area contributed by atoms with Crippen molar-refractivity contribution in [2.24, 2.45) is 0 Å². The topological polar surface area (TPSA) is 89.1 Å². The molecule has 8 heteroatoms. The molecule has 0 heterocycles. The Hall–Kier alpha value is -3.72. The largest absolute Gasteiger partial charge is 0.497 e. The molecule has 8 nitrogen and oxygen atoms in total. The van der Waals surface area contributed by atoms with Gasteiger partial charge in [0.05, 0.1) is 21.3 Å². The van der Waals surface area contributed by atoms with Crippen molar-refractivity contribution in [3.05, 3.63) is 102 Å². The molecule has 0 fully saturated rings. The van der Waals surface area contributed by atoms with Crippen LogP contribution >= 0.6 is 0 Å². The fourth-order valence-corrected chi connectivity index (χ4v) is 4.11. The Bertz CT molecular complexity index is 1040. The van der Waals surface area contributed by atoms with E-state index in [1.54, 1.807) is 7.11 Å². The molecule has 0 bridgehead atoms. The van der Waals surface area contributed by atoms with Gasteiger partial charge >= 0.3 is 11.9 Å². The lowest BCUT2D eigenvalue weighted by atomic mass is 10.1. The van der Waals surface area contributed by atoms with Crippen LogP contribution in [0.3, 0.4) is 0 Å². The van der Waals surface area contributed by atoms with Gasteiger partial charge in [0.1, 0.15) is 17.8 Å². The summed E-state index contributed by atoms with van der Waals surface area (Å²) in [4.78, 5) is 27.6. The number of hydrogen-bond donors (Lipinski definition) is 2. The van der Waals surface area contributed by atoms with Crippen molar-refractivity contribution in [1.29, 1.82) is 0 Å². The van der Waals surface area contributed by atoms with Gasteiger partial charge in [-0.3, -0.25) is 25.1 Å². The molecule has 0 spiro atoms. The Morgan fingerprint density at radius 1 is 0.658 bits per heavy atom. The van der Waals surface area contributed by atoms with E-state index in [1.165, 1.54) is 14.2 Å². The number of carbonyl (C=O) groups excluding carboxylic acids is 2. The molecule has 0 aromatic heterocycles. The van der Waals surface area contributed by atoms with Gasteiger partial charge in [0.25, 0.3) is 0 Å². The second kappa shape index (κ2) is 15.5. The second-order valence-electron chi connectivity index (χ2n) is 8.93. The summed E-state index contributed by atoms with van der Waals surface area (Å²) in [5, 5.41) is 6.65. The van der Waals surface area contributed by atoms with Gasteiger partial charge < -0.3 is 14.2 Å². The van der Waals surface area contributed by atoms with Crippen molar-refractivity contribution in [2.45, 2.75) is 31.7 Å². The highest BCUT2D eigenvalue weighted by Gasteiger charge is 2.27. The van der Waals surface area contributed by atoms with Crippen molar-refractivity contribution in [3.8, 4) is 5.75 Å². The normalized spacial score (nSPS) is 12.5. The third-order valence-corrected chi connectivity index (χ3v) is 6.21. The van der Waals surface area contributed by atoms with Gasteiger partial charge in [-0.15, -0.1) is 0 Å². The summed E-state index contributed by atoms with van der Waals surface area (Å²) < 4.78 is 15.5. The predicted molar refractivity (Wildman–Crippen MR) is 146 cm³/mol. The van der Waals surface area contributed by atoms with E-state index in [0.717, 1.165) is 22.4 Å². The summed E-state index contributed by atoms with van der Waals surface area (Å²) in [6.07, 6.45) is 0. The van der Waals surface area contributed by atoms with Crippen LogP contribution in [-0.2, 0) is 38.7 Å². The van der Waals surface area contributed by atoms with Gasteiger partial charge in [-0.25, -0.2) is 0 Å². The van der Waals surface area contributed by atoms with E-state index in [9.17, 15) is 9.59 Å². The van der Waals surface area contributed by atoms with Gasteiger partial charge in [-0.05, 0) is 28.8 Å². The number of rotatable bonds is 15. The SMILES string of the molecule is COC(=O)[C@H](CN(Cc1ccc(OC)cc1)C[C@H](NCc1ccccc1)C(=O)OC)NCc1ccccc1. The molecule has 3 aromatic rings. The minimum atomic E-state index is -0.606. The number of nitrogens with zero attached hydrogens (tertiary/aromatic N) is 1. The van der Waals surface area contributed by atoms with Crippen LogP contribution in [0.15, 0.2) is 84.9 Å². The number of methoxy groups -OCH3 is 3. The van der Waals surface area contributed by atoms with Gasteiger partial charge in [0.2, 0.25) is 0 Å². The summed E-state index contributed by atoms with van der Waals surface area (Å²) in [6.45, 7) is 2.16. The summed E-state index contributed by atoms with van der Waals surface area (Å²) in [5.74, 6) is 0.0225. The summed E-state index contributed by atoms with van der Waals surface area (Å²) in [6, 6.07) is 26.2. The van der Waals surface area contributed by atoms with Crippen LogP contribution < -0.4 is 15.4 Å². The van der Waals surface area contributed by atoms with E-state index in [0.29, 0.717) is 32.7 Å². The van der Waals surface area contributed by atoms with Crippen molar-refractivity contribution in [3.63, 3.8) is 0 Å². The maximum absolute atomic E-state index is 12.8. The zero-order valence-electron chi connectivity index (χ0n) is 22.3. The monoisotopic (exact) mass is 519 g/mol. The number of esters is 2. The lowest BCUT2D eigenvalue weighted by Gasteiger charge is -2.30. The van der Waals surface area contributed by atoms with Crippen LogP contribution in [0.5, 0.6) is 5.75 Å². The molecule has 0 saturated heterocycles. The molecule has 2 atom stereocenters. The fraction of sp³-hybridized carbons (Fsp3) is 0.333. The van der Waals surface area contributed by atoms with E-state index in [1.807, 2.05) is 84.9 Å². The molecule has 38 heavy (non-hydrogen) atoms. The van der Waals surface area contributed by atoms with Crippen LogP contribution in [0.1, 0.15) is 16.7 Å². The lowest BCUT2D eigenvalue weighted by molar-refractivity contribution is -0.144. The zero-order chi connectivity index (χ0) is 27.2. The highest BCUT2D eigenvalue weighted by molar-refractivity contribution is 5.76. The Morgan fingerprint density at radius 3 is 1.50 bits per heavy atom. The standard InChI is InChI=1S/C30H37N3O5/c1-36-26-16-14-25(15-17-26)20-33(21-27(29(34)37-2)31-18-23-10-6-4-7-11-23)22-28(30(35)38-3)32-19-24-12-8-5-9-13-24/h4-17,27-28,31-32H,18-22H2,1-3H3/t27-,28-/m0/s1. The van der Waals surface area contributed by atoms with Crippen molar-refractivity contribution < 1.29 is 23.8 Å². The first-order chi connectivity index (χ1) is 18.5. The number of hydrogen-bond acceptors (Lipinski definition) is 8. The van der Waals surface area contributed by atoms with Gasteiger partial charge in [-0.1, -0.05) is 72.8 Å². The molecule has 0 aliphatic heterocycles. The van der Waals surface area contributed by atoms with Crippen molar-refractivity contribution in [2.75, 3.05) is 34.4 Å². The average Bonchev–Trinajstić information content (AvgIpc) is 2.97. The average molecular weight is 520 g/mol. The molecule has 0 radical (unpaired) electrons. The Balaban J connectivity index is 1.79. The maximum Gasteiger partial charge on any atom is 0.324 e. The van der Waals surface area contributed by atoms with Gasteiger partial charge in [0.15, 0.2) is 0 Å². The highest BCUT2D eigenvalue weighted by atomic mass is 16.5. The Labute approximate surface area is 224 Å². The molecule has 3 aromatic carbocycles. The molecule has 202 valence electrons. The minimum Gasteiger partial charge on any atom is -0.497 e. The molecule has 0 aliphatic carbocycles. The number of nitrogens with one attached hydrogen (secondary N) is 2. The summed E-state index contributed by atoms with van der Waals surface area (Å²) in [5.41, 5.74) is 3.13. The smallest absolute Gasteiger partial charge is 0.324 e. The minimum absolute atomic E-state index is 0.325. The second-order valence-corrected chi connectivity index (χ2v) is 8.93. The first-order valence-corrected chi connectivity index (χ1v) is 12.6. The van der Waals surface area contributed by atoms with Crippen LogP contribution in [0.4, 0.5) is 0 Å². The Kier molecular flexibility index (Phi) is 11.8. The third-order valence-electron chi connectivity index (χ3n) is 6.21. The fourth-order valence-electron chi connectivity index (χ4n) is 4.11. The predicted octanol–water partition coefficient (Wildman–Crippen LogP) is 3.16. The molecular weight excluding hydrogens is 482 g/mol. The van der Waals surface area contributed by atoms with Gasteiger partial charge in [-0.2, -0.15) is 0 Å². The van der Waals surface area contributed by atoms with Crippen molar-refractivity contribution >= 4 is 11.9 Å². The first-order valence-electron chi connectivity index (χ1n) is 12.6. The third kappa shape index (κ3) is 9.30. The van der Waals surface area contributed by atoms with Gasteiger partial charge in [0, 0.05) is 32.7 Å². The van der Waals surface area contributed by atoms with E-state index in [4.69, 9.17) is 14.2 Å². The molecule has 0 unspecified atom stereocenters. The van der Waals surface area contributed by atoms with E-state index in [2.05, 4.69) is 15.5 Å². The molecule has 0 amide bonds. The number of ether oxygens (including phenoxy) is 3. The molecule has 0 aliphatic rings. The van der Waals surface area contributed by atoms with E-state index < -0.39 is 12.1 Å². The molecular formula is C30H37N3O5. The van der Waals surface area contributed by atoms with Crippen LogP contribution in [0.25, 0.3) is 0 Å². The van der Waals surface area contributed by atoms with E-state index >= 15 is 0 Å². The van der Waals surface area contributed by atoms with Crippen LogP contribution in [0, 0.1) is 0 Å². The van der Waals surface area contributed by atoms with E-state index in [-0.39, 0.29) is 11.9 Å². The Morgan fingerprint density at radius 2 is 1.11 bits per heavy atom. The quantitative estimate of drug-likeness (QED) is 0.296. The molecule has 0 saturated carbocycles. The molecule has 3 rings (SSSR count). The highest BCUT2D eigenvalue weighted by Crippen LogP contribution is 2.14. The zero-order valence-corrected chi connectivity index (χ0v) is 22.3. The maximum atomic E-state index is 12.8. The number of carbonyl (C=O) groups is 2. The van der Waals surface area contributed by atoms with Crippen LogP contribution in [-0.4, -0.2) is 63.3 Å². The van der Waals surface area contributed by atoms with Crippen molar-refractivity contribution in [1.82, 2.24) is 15.5 Å². The first kappa shape index (κ1) is 28.8. The summed E-state index contributed by atoms with van der Waals surface area (Å²) >= 11 is 0.